The summed E-state index contributed by atoms with van der Waals surface area (Å²) in [5, 5.41) is 0. The first-order valence-electron chi connectivity index (χ1n) is 10.3. The second kappa shape index (κ2) is 10.2. The third kappa shape index (κ3) is 6.59. The van der Waals surface area contributed by atoms with Gasteiger partial charge in [-0.15, -0.1) is 4.31 Å². The Kier molecular flexibility index (Phi) is 9.23. The van der Waals surface area contributed by atoms with E-state index in [9.17, 15) is 9.79 Å². The average molecular weight is 425 g/mol. The van der Waals surface area contributed by atoms with E-state index in [1.165, 1.54) is 44.9 Å². The summed E-state index contributed by atoms with van der Waals surface area (Å²) in [6.45, 7) is 10.1. The van der Waals surface area contributed by atoms with Crippen LogP contribution in [-0.2, 0) is 8.83 Å². The lowest BCUT2D eigenvalue weighted by Gasteiger charge is -2.52. The summed E-state index contributed by atoms with van der Waals surface area (Å²) in [6.07, 6.45) is 10.4. The topological polar surface area (TPSA) is 58.9 Å². The van der Waals surface area contributed by atoms with E-state index in [0.29, 0.717) is 17.9 Å². The predicted molar refractivity (Wildman–Crippen MR) is 116 cm³/mol. The van der Waals surface area contributed by atoms with E-state index in [1.807, 2.05) is 0 Å². The molecule has 0 aromatic heterocycles. The van der Waals surface area contributed by atoms with Crippen LogP contribution in [0.3, 0.4) is 0 Å². The number of fused-ring (bicyclic) bond motifs is 1. The van der Waals surface area contributed by atoms with Crippen LogP contribution in [0.2, 0.25) is 0 Å². The maximum Gasteiger partial charge on any atom is 0.573 e. The van der Waals surface area contributed by atoms with Crippen molar-refractivity contribution in [3.05, 3.63) is 0 Å². The van der Waals surface area contributed by atoms with Gasteiger partial charge in [-0.2, -0.15) is 14.3 Å². The first kappa shape index (κ1) is 23.4. The predicted octanol–water partition coefficient (Wildman–Crippen LogP) is 6.36. The van der Waals surface area contributed by atoms with Gasteiger partial charge in [0.2, 0.25) is 0 Å². The molecule has 0 saturated heterocycles. The molecule has 0 aromatic carbocycles. The van der Waals surface area contributed by atoms with Crippen molar-refractivity contribution >= 4 is 25.6 Å². The van der Waals surface area contributed by atoms with Crippen molar-refractivity contribution in [1.82, 2.24) is 0 Å². The Labute approximate surface area is 165 Å². The van der Waals surface area contributed by atoms with Gasteiger partial charge in [-0.1, -0.05) is 55.9 Å². The Morgan fingerprint density at radius 1 is 1.23 bits per heavy atom. The van der Waals surface area contributed by atoms with Crippen LogP contribution in [0.4, 0.5) is 0 Å². The van der Waals surface area contributed by atoms with E-state index in [-0.39, 0.29) is 8.50 Å². The molecule has 4 unspecified atom stereocenters. The Bertz CT molecular complexity index is 433. The van der Waals surface area contributed by atoms with E-state index in [4.69, 9.17) is 8.83 Å². The lowest BCUT2D eigenvalue weighted by Crippen LogP contribution is -2.43. The first-order chi connectivity index (χ1) is 12.2. The number of rotatable bonds is 9. The normalized spacial score (nSPS) is 33.3. The van der Waals surface area contributed by atoms with Crippen molar-refractivity contribution < 1.29 is 18.6 Å². The van der Waals surface area contributed by atoms with Crippen LogP contribution < -0.4 is 0 Å². The molecule has 154 valence electrons. The van der Waals surface area contributed by atoms with Crippen LogP contribution in [0.1, 0.15) is 79.1 Å². The van der Waals surface area contributed by atoms with Gasteiger partial charge in [-0.3, -0.25) is 0 Å². The van der Waals surface area contributed by atoms with Crippen molar-refractivity contribution in [2.24, 2.45) is 35.0 Å². The van der Waals surface area contributed by atoms with Crippen LogP contribution in [0.15, 0.2) is 0 Å². The number of hydrogen-bond acceptors (Lipinski definition) is 4. The molecular formula is C19H40O4P3+. The van der Waals surface area contributed by atoms with Crippen molar-refractivity contribution in [3.8, 4) is 0 Å². The van der Waals surface area contributed by atoms with Crippen molar-refractivity contribution in [2.75, 3.05) is 6.61 Å². The van der Waals surface area contributed by atoms with E-state index in [1.54, 1.807) is 0 Å². The van der Waals surface area contributed by atoms with Crippen molar-refractivity contribution in [2.45, 2.75) is 79.1 Å². The maximum absolute atomic E-state index is 9.59. The average Bonchev–Trinajstić information content (AvgIpc) is 2.53. The minimum Gasteiger partial charge on any atom is -0.168 e. The molecule has 0 amide bonds. The zero-order chi connectivity index (χ0) is 19.4. The highest BCUT2D eigenvalue weighted by molar-refractivity contribution is 8.02. The highest BCUT2D eigenvalue weighted by atomic mass is 32.0. The van der Waals surface area contributed by atoms with Gasteiger partial charge in [-0.25, -0.2) is 0 Å². The van der Waals surface area contributed by atoms with E-state index in [0.717, 1.165) is 30.1 Å². The fourth-order valence-electron chi connectivity index (χ4n) is 5.54. The summed E-state index contributed by atoms with van der Waals surface area (Å²) in [5.41, 5.74) is 0.522. The molecule has 4 nitrogen and oxygen atoms in total. The minimum absolute atomic E-state index is 0.0488. The number of hydrogen-bond donors (Lipinski definition) is 2. The molecule has 2 rings (SSSR count). The molecule has 0 spiro atoms. The quantitative estimate of drug-likeness (QED) is 0.422. The van der Waals surface area contributed by atoms with Gasteiger partial charge in [0.25, 0.3) is 0 Å². The molecule has 0 radical (unpaired) electrons. The summed E-state index contributed by atoms with van der Waals surface area (Å²) in [5.74, 6) is 4.07. The molecule has 0 aliphatic heterocycles. The summed E-state index contributed by atoms with van der Waals surface area (Å²) >= 11 is 0. The monoisotopic (exact) mass is 425 g/mol. The molecule has 2 saturated carbocycles. The zero-order valence-electron chi connectivity index (χ0n) is 17.0. The zero-order valence-corrected chi connectivity index (χ0v) is 20.0. The maximum atomic E-state index is 9.59. The molecular weight excluding hydrogens is 385 g/mol. The fraction of sp³-hybridized carbons (Fsp3) is 1.00. The molecule has 0 aromatic rings. The standard InChI is InChI=1S/C19H40O4P3/c1-14(11-13-22-26(20,21)23-25-24)7-9-16-15(2)8-10-18-17(16)6-5-12-19(18,3)4/h14-18,20-21,25H,5-13,24H2,1-4H3/q+1/t14-,15-,16+,17?,18?/m0/s1. The fourth-order valence-corrected chi connectivity index (χ4v) is 7.88. The third-order valence-corrected chi connectivity index (χ3v) is 9.97. The molecule has 2 N–H and O–H groups in total. The Morgan fingerprint density at radius 3 is 2.65 bits per heavy atom. The molecule has 7 heteroatoms. The second-order valence-corrected chi connectivity index (χ2v) is 12.3. The third-order valence-electron chi connectivity index (χ3n) is 7.13. The Hall–Kier alpha value is 1.13. The van der Waals surface area contributed by atoms with Crippen molar-refractivity contribution in [1.29, 1.82) is 0 Å². The van der Waals surface area contributed by atoms with Gasteiger partial charge in [0.05, 0.1) is 8.50 Å². The van der Waals surface area contributed by atoms with Gasteiger partial charge in [-0.05, 0) is 67.1 Å². The summed E-state index contributed by atoms with van der Waals surface area (Å²) in [4.78, 5) is 19.2. The highest BCUT2D eigenvalue weighted by Gasteiger charge is 2.45. The Balaban J connectivity index is 1.79. The molecule has 7 atom stereocenters. The Morgan fingerprint density at radius 2 is 1.96 bits per heavy atom. The lowest BCUT2D eigenvalue weighted by atomic mass is 9.53. The lowest BCUT2D eigenvalue weighted by molar-refractivity contribution is -0.0245. The van der Waals surface area contributed by atoms with Crippen LogP contribution in [0.5, 0.6) is 0 Å². The summed E-state index contributed by atoms with van der Waals surface area (Å²) in [6, 6.07) is 0. The van der Waals surface area contributed by atoms with E-state index >= 15 is 0 Å². The molecule has 2 fully saturated rings. The van der Waals surface area contributed by atoms with E-state index in [2.05, 4.69) is 36.6 Å². The van der Waals surface area contributed by atoms with E-state index < -0.39 is 8.17 Å². The smallest absolute Gasteiger partial charge is 0.168 e. The molecule has 26 heavy (non-hydrogen) atoms. The molecule has 0 bridgehead atoms. The van der Waals surface area contributed by atoms with Crippen LogP contribution in [-0.4, -0.2) is 16.4 Å². The molecule has 2 aliphatic carbocycles. The molecule has 0 heterocycles. The summed E-state index contributed by atoms with van der Waals surface area (Å²) in [7, 11) is -1.31. The largest absolute Gasteiger partial charge is 0.573 e. The van der Waals surface area contributed by atoms with Crippen LogP contribution >= 0.6 is 25.6 Å². The summed E-state index contributed by atoms with van der Waals surface area (Å²) < 4.78 is 10.0. The van der Waals surface area contributed by atoms with Gasteiger partial charge in [0.15, 0.2) is 0 Å². The second-order valence-electron chi connectivity index (χ2n) is 9.37. The first-order valence-corrected chi connectivity index (χ1v) is 14.5. The minimum atomic E-state index is -3.60. The van der Waals surface area contributed by atoms with Gasteiger partial charge < -0.3 is 0 Å². The highest BCUT2D eigenvalue weighted by Crippen LogP contribution is 2.59. The van der Waals surface area contributed by atoms with Gasteiger partial charge in [0.1, 0.15) is 6.61 Å². The van der Waals surface area contributed by atoms with Crippen LogP contribution in [0, 0.1) is 35.0 Å². The van der Waals surface area contributed by atoms with Crippen LogP contribution in [0.25, 0.3) is 0 Å². The van der Waals surface area contributed by atoms with Gasteiger partial charge >= 0.3 is 8.17 Å². The molecule has 2 aliphatic rings. The van der Waals surface area contributed by atoms with Gasteiger partial charge in [0, 0.05) is 0 Å². The van der Waals surface area contributed by atoms with Crippen molar-refractivity contribution in [3.63, 3.8) is 0 Å². The SMILES string of the molecule is C[C@H](CCO[P+](O)(O)OPP)CC[C@H]1C2CCCC(C)(C)C2CC[C@@H]1C.